The molecule has 0 saturated heterocycles. The Labute approximate surface area is 109 Å². The van der Waals surface area contributed by atoms with Crippen LogP contribution in [0.4, 0.5) is 21.7 Å². The van der Waals surface area contributed by atoms with E-state index in [2.05, 4.69) is 20.6 Å². The van der Waals surface area contributed by atoms with E-state index in [-0.39, 0.29) is 11.5 Å². The molecule has 0 saturated carbocycles. The lowest BCUT2D eigenvalue weighted by molar-refractivity contribution is 0.632. The standard InChI is InChI=1S/C12H12ClFN4/c1-7-11(15-2)16-6-17-12(7)18-10-5-8(13)3-4-9(10)14/h3-6H,1-2H3,(H2,15,16,17,18). The van der Waals surface area contributed by atoms with Crippen molar-refractivity contribution in [1.29, 1.82) is 0 Å². The quantitative estimate of drug-likeness (QED) is 0.894. The summed E-state index contributed by atoms with van der Waals surface area (Å²) in [5.74, 6) is 0.842. The fourth-order valence-electron chi connectivity index (χ4n) is 1.55. The highest BCUT2D eigenvalue weighted by Crippen LogP contribution is 2.25. The third kappa shape index (κ3) is 2.51. The first-order chi connectivity index (χ1) is 8.61. The summed E-state index contributed by atoms with van der Waals surface area (Å²) >= 11 is 5.83. The van der Waals surface area contributed by atoms with E-state index >= 15 is 0 Å². The summed E-state index contributed by atoms with van der Waals surface area (Å²) in [4.78, 5) is 8.14. The van der Waals surface area contributed by atoms with E-state index in [1.807, 2.05) is 6.92 Å². The van der Waals surface area contributed by atoms with Gasteiger partial charge in [-0.3, -0.25) is 0 Å². The Morgan fingerprint density at radius 3 is 2.67 bits per heavy atom. The highest BCUT2D eigenvalue weighted by atomic mass is 35.5. The van der Waals surface area contributed by atoms with Crippen LogP contribution in [-0.4, -0.2) is 17.0 Å². The van der Waals surface area contributed by atoms with Crippen LogP contribution in [0.2, 0.25) is 5.02 Å². The average molecular weight is 267 g/mol. The molecule has 2 N–H and O–H groups in total. The summed E-state index contributed by atoms with van der Waals surface area (Å²) < 4.78 is 13.6. The van der Waals surface area contributed by atoms with E-state index in [1.165, 1.54) is 24.5 Å². The lowest BCUT2D eigenvalue weighted by Crippen LogP contribution is -2.03. The van der Waals surface area contributed by atoms with Gasteiger partial charge in [0.05, 0.1) is 5.69 Å². The van der Waals surface area contributed by atoms with Crippen LogP contribution in [0.15, 0.2) is 24.5 Å². The average Bonchev–Trinajstić information content (AvgIpc) is 2.36. The van der Waals surface area contributed by atoms with Crippen molar-refractivity contribution in [3.05, 3.63) is 40.9 Å². The summed E-state index contributed by atoms with van der Waals surface area (Å²) in [6, 6.07) is 4.31. The van der Waals surface area contributed by atoms with Crippen LogP contribution in [0.1, 0.15) is 5.56 Å². The second-order valence-electron chi connectivity index (χ2n) is 3.70. The highest BCUT2D eigenvalue weighted by molar-refractivity contribution is 6.30. The lowest BCUT2D eigenvalue weighted by Gasteiger charge is -2.11. The van der Waals surface area contributed by atoms with Crippen molar-refractivity contribution >= 4 is 28.9 Å². The Kier molecular flexibility index (Phi) is 3.62. The molecule has 2 aromatic rings. The first-order valence-electron chi connectivity index (χ1n) is 5.33. The number of halogens is 2. The van der Waals surface area contributed by atoms with Gasteiger partial charge in [0.15, 0.2) is 0 Å². The van der Waals surface area contributed by atoms with Crippen molar-refractivity contribution in [3.63, 3.8) is 0 Å². The van der Waals surface area contributed by atoms with Crippen molar-refractivity contribution in [1.82, 2.24) is 9.97 Å². The minimum absolute atomic E-state index is 0.284. The van der Waals surface area contributed by atoms with Crippen molar-refractivity contribution in [2.45, 2.75) is 6.92 Å². The number of rotatable bonds is 3. The van der Waals surface area contributed by atoms with Gasteiger partial charge in [-0.1, -0.05) is 11.6 Å². The number of nitrogens with zero attached hydrogens (tertiary/aromatic N) is 2. The maximum absolute atomic E-state index is 13.6. The number of anilines is 3. The molecule has 0 amide bonds. The van der Waals surface area contributed by atoms with Gasteiger partial charge in [-0.2, -0.15) is 0 Å². The predicted octanol–water partition coefficient (Wildman–Crippen LogP) is 3.36. The molecule has 1 heterocycles. The van der Waals surface area contributed by atoms with Crippen molar-refractivity contribution < 1.29 is 4.39 Å². The van der Waals surface area contributed by atoms with E-state index in [0.717, 1.165) is 5.56 Å². The Balaban J connectivity index is 2.37. The van der Waals surface area contributed by atoms with Crippen molar-refractivity contribution in [2.75, 3.05) is 17.7 Å². The van der Waals surface area contributed by atoms with Gasteiger partial charge in [-0.15, -0.1) is 0 Å². The second-order valence-corrected chi connectivity index (χ2v) is 4.13. The molecule has 0 fully saturated rings. The minimum Gasteiger partial charge on any atom is -0.373 e. The van der Waals surface area contributed by atoms with Crippen LogP contribution in [-0.2, 0) is 0 Å². The smallest absolute Gasteiger partial charge is 0.146 e. The van der Waals surface area contributed by atoms with Gasteiger partial charge in [0.2, 0.25) is 0 Å². The summed E-state index contributed by atoms with van der Waals surface area (Å²) in [7, 11) is 1.76. The fourth-order valence-corrected chi connectivity index (χ4v) is 1.72. The number of nitrogens with one attached hydrogen (secondary N) is 2. The molecule has 18 heavy (non-hydrogen) atoms. The molecule has 2 rings (SSSR count). The molecule has 0 aliphatic heterocycles. The zero-order valence-electron chi connectivity index (χ0n) is 9.96. The molecular weight excluding hydrogens is 255 g/mol. The van der Waals surface area contributed by atoms with Crippen molar-refractivity contribution in [3.8, 4) is 0 Å². The molecule has 1 aromatic carbocycles. The SMILES string of the molecule is CNc1ncnc(Nc2cc(Cl)ccc2F)c1C. The van der Waals surface area contributed by atoms with Gasteiger partial charge < -0.3 is 10.6 Å². The number of hydrogen-bond donors (Lipinski definition) is 2. The molecule has 0 aliphatic carbocycles. The summed E-state index contributed by atoms with van der Waals surface area (Å²) in [5, 5.41) is 6.30. The molecule has 1 aromatic heterocycles. The number of benzene rings is 1. The first-order valence-corrected chi connectivity index (χ1v) is 5.71. The van der Waals surface area contributed by atoms with Crippen LogP contribution < -0.4 is 10.6 Å². The van der Waals surface area contributed by atoms with E-state index < -0.39 is 0 Å². The van der Waals surface area contributed by atoms with Crippen LogP contribution in [0, 0.1) is 12.7 Å². The second kappa shape index (κ2) is 5.18. The third-order valence-electron chi connectivity index (χ3n) is 2.50. The van der Waals surface area contributed by atoms with Gasteiger partial charge in [-0.05, 0) is 25.1 Å². The Morgan fingerprint density at radius 2 is 1.94 bits per heavy atom. The normalized spacial score (nSPS) is 10.2. The van der Waals surface area contributed by atoms with Gasteiger partial charge in [0, 0.05) is 17.6 Å². The van der Waals surface area contributed by atoms with Crippen molar-refractivity contribution in [2.24, 2.45) is 0 Å². The largest absolute Gasteiger partial charge is 0.373 e. The first kappa shape index (κ1) is 12.6. The molecule has 0 atom stereocenters. The Bertz CT molecular complexity index is 574. The maximum Gasteiger partial charge on any atom is 0.146 e. The molecule has 0 bridgehead atoms. The topological polar surface area (TPSA) is 49.8 Å². The van der Waals surface area contributed by atoms with Crippen LogP contribution in [0.3, 0.4) is 0 Å². The van der Waals surface area contributed by atoms with Crippen LogP contribution in [0.25, 0.3) is 0 Å². The van der Waals surface area contributed by atoms with Gasteiger partial charge in [0.1, 0.15) is 23.8 Å². The summed E-state index contributed by atoms with van der Waals surface area (Å²) in [6.07, 6.45) is 1.41. The molecule has 4 nitrogen and oxygen atoms in total. The van der Waals surface area contributed by atoms with Gasteiger partial charge in [-0.25, -0.2) is 14.4 Å². The highest BCUT2D eigenvalue weighted by Gasteiger charge is 2.09. The molecule has 94 valence electrons. The number of hydrogen-bond acceptors (Lipinski definition) is 4. The summed E-state index contributed by atoms with van der Waals surface area (Å²) in [5.41, 5.74) is 1.09. The van der Waals surface area contributed by atoms with Crippen LogP contribution in [0.5, 0.6) is 0 Å². The Hall–Kier alpha value is -1.88. The Morgan fingerprint density at radius 1 is 1.22 bits per heavy atom. The van der Waals surface area contributed by atoms with E-state index in [9.17, 15) is 4.39 Å². The van der Waals surface area contributed by atoms with E-state index in [0.29, 0.717) is 16.7 Å². The molecular formula is C12H12ClFN4. The van der Waals surface area contributed by atoms with Crippen LogP contribution >= 0.6 is 11.6 Å². The molecule has 0 unspecified atom stereocenters. The monoisotopic (exact) mass is 266 g/mol. The molecule has 0 spiro atoms. The minimum atomic E-state index is -0.386. The predicted molar refractivity (Wildman–Crippen MR) is 71.0 cm³/mol. The zero-order chi connectivity index (χ0) is 13.1. The maximum atomic E-state index is 13.6. The fraction of sp³-hybridized carbons (Fsp3) is 0.167. The van der Waals surface area contributed by atoms with Gasteiger partial charge in [0.25, 0.3) is 0 Å². The lowest BCUT2D eigenvalue weighted by atomic mass is 10.2. The van der Waals surface area contributed by atoms with Gasteiger partial charge >= 0.3 is 0 Å². The molecule has 0 radical (unpaired) electrons. The number of aromatic nitrogens is 2. The van der Waals surface area contributed by atoms with E-state index in [4.69, 9.17) is 11.6 Å². The molecule has 6 heteroatoms. The molecule has 0 aliphatic rings. The summed E-state index contributed by atoms with van der Waals surface area (Å²) in [6.45, 7) is 1.84. The van der Waals surface area contributed by atoms with E-state index in [1.54, 1.807) is 7.05 Å². The zero-order valence-corrected chi connectivity index (χ0v) is 10.7. The third-order valence-corrected chi connectivity index (χ3v) is 2.74.